The third-order valence-electron chi connectivity index (χ3n) is 10.0. The number of amides is 4. The van der Waals surface area contributed by atoms with Crippen molar-refractivity contribution in [3.05, 3.63) is 48.0 Å². The molecule has 4 fully saturated rings. The van der Waals surface area contributed by atoms with E-state index < -0.39 is 42.1 Å². The van der Waals surface area contributed by atoms with Gasteiger partial charge in [0.25, 0.3) is 11.8 Å². The summed E-state index contributed by atoms with van der Waals surface area (Å²) in [5.74, 6) is -1.65. The maximum absolute atomic E-state index is 14.7. The van der Waals surface area contributed by atoms with Gasteiger partial charge in [-0.25, -0.2) is 18.4 Å². The number of nitrogens with two attached hydrogens (primary N) is 1. The monoisotopic (exact) mass is 791 g/mol. The zero-order chi connectivity index (χ0) is 40.5. The first-order valence-electron chi connectivity index (χ1n) is 18.6. The van der Waals surface area contributed by atoms with Crippen molar-refractivity contribution in [2.75, 3.05) is 119 Å². The highest BCUT2D eigenvalue weighted by molar-refractivity contribution is 5.91. The van der Waals surface area contributed by atoms with Gasteiger partial charge in [0.1, 0.15) is 23.8 Å². The van der Waals surface area contributed by atoms with E-state index in [2.05, 4.69) is 0 Å². The van der Waals surface area contributed by atoms with E-state index in [4.69, 9.17) is 24.7 Å². The number of aliphatic hydroxyl groups is 2. The second-order valence-corrected chi connectivity index (χ2v) is 13.7. The highest BCUT2D eigenvalue weighted by atomic mass is 19.1. The van der Waals surface area contributed by atoms with Crippen LogP contribution in [-0.4, -0.2) is 168 Å². The summed E-state index contributed by atoms with van der Waals surface area (Å²) in [6, 6.07) is 9.28. The number of carbonyl (C=O) groups is 4. The summed E-state index contributed by atoms with van der Waals surface area (Å²) in [6.45, 7) is 6.03. The Labute approximate surface area is 324 Å². The molecular formula is C37H51F2N7O10. The average Bonchev–Trinajstić information content (AvgIpc) is 3.79. The summed E-state index contributed by atoms with van der Waals surface area (Å²) in [4.78, 5) is 57.7. The first-order valence-corrected chi connectivity index (χ1v) is 18.6. The lowest BCUT2D eigenvalue weighted by Gasteiger charge is -2.37. The Morgan fingerprint density at radius 3 is 1.45 bits per heavy atom. The number of hydrogen-bond acceptors (Lipinski definition) is 13. The lowest BCUT2D eigenvalue weighted by Crippen LogP contribution is -2.52. The molecule has 308 valence electrons. The minimum absolute atomic E-state index is 0.0487. The minimum Gasteiger partial charge on any atom is -0.444 e. The van der Waals surface area contributed by atoms with Crippen LogP contribution in [0.3, 0.4) is 0 Å². The minimum atomic E-state index is -1.19. The molecule has 19 heteroatoms. The quantitative estimate of drug-likeness (QED) is 0.276. The summed E-state index contributed by atoms with van der Waals surface area (Å²) in [6.07, 6.45) is -3.22. The summed E-state index contributed by atoms with van der Waals surface area (Å²) < 4.78 is 49.3. The predicted molar refractivity (Wildman–Crippen MR) is 201 cm³/mol. The lowest BCUT2D eigenvalue weighted by molar-refractivity contribution is -0.143. The van der Waals surface area contributed by atoms with Crippen LogP contribution >= 0.6 is 0 Å². The van der Waals surface area contributed by atoms with Crippen LogP contribution in [0.2, 0.25) is 0 Å². The fourth-order valence-electron chi connectivity index (χ4n) is 6.86. The van der Waals surface area contributed by atoms with E-state index in [1.54, 1.807) is 34.1 Å². The molecule has 0 aromatic heterocycles. The zero-order valence-electron chi connectivity index (χ0n) is 31.8. The van der Waals surface area contributed by atoms with Crippen molar-refractivity contribution >= 4 is 46.8 Å². The molecule has 56 heavy (non-hydrogen) atoms. The fourth-order valence-corrected chi connectivity index (χ4v) is 6.86. The number of benzene rings is 2. The van der Waals surface area contributed by atoms with E-state index in [1.807, 2.05) is 16.7 Å². The van der Waals surface area contributed by atoms with Crippen molar-refractivity contribution < 1.29 is 57.1 Å². The third kappa shape index (κ3) is 9.94. The zero-order valence-corrected chi connectivity index (χ0v) is 31.8. The van der Waals surface area contributed by atoms with Crippen LogP contribution in [0, 0.1) is 11.6 Å². The van der Waals surface area contributed by atoms with Crippen LogP contribution in [-0.2, 0) is 28.5 Å². The van der Waals surface area contributed by atoms with E-state index in [1.165, 1.54) is 36.2 Å². The molecule has 0 radical (unpaired) electrons. The summed E-state index contributed by atoms with van der Waals surface area (Å²) in [5.41, 5.74) is 7.23. The van der Waals surface area contributed by atoms with Gasteiger partial charge in [-0.1, -0.05) is 6.92 Å². The number of carbonyl (C=O) groups excluding carboxylic acids is 4. The number of nitrogens with zero attached hydrogens (tertiary/aromatic N) is 6. The Hall–Kier alpha value is -4.82. The topological polar surface area (TPSA) is 191 Å². The maximum Gasteiger partial charge on any atom is 0.414 e. The van der Waals surface area contributed by atoms with E-state index in [9.17, 15) is 38.2 Å². The van der Waals surface area contributed by atoms with Crippen molar-refractivity contribution in [3.63, 3.8) is 0 Å². The standard InChI is InChI=1S/C19H26FN3O5.C18H25FN4O5/c1-3-14-11-23(19(26)28-14)13-4-5-16(15(20)10-13)21-6-8-22(9-7-21)18(25)17(24)12-27-2;1-27-11-16(24)17(25)22-6-4-21(5-7-22)15-3-2-12(8-14(15)19)23-10-13(9-20)28-18(23)26/h4-5,10,14,17,24H,3,6-9,11-12H2,1-2H3;2-3,8,13,16,24H,4-7,9-11,20H2,1H3/t14-,17?;13-,16?/m00/s1. The van der Waals surface area contributed by atoms with Gasteiger partial charge < -0.3 is 54.5 Å². The summed E-state index contributed by atoms with van der Waals surface area (Å²) in [7, 11) is 2.84. The van der Waals surface area contributed by atoms with Crippen LogP contribution in [0.4, 0.5) is 41.1 Å². The summed E-state index contributed by atoms with van der Waals surface area (Å²) in [5, 5.41) is 19.5. The number of piperazine rings is 2. The number of hydrogen-bond donors (Lipinski definition) is 3. The molecule has 2 aromatic carbocycles. The van der Waals surface area contributed by atoms with Gasteiger partial charge >= 0.3 is 12.2 Å². The first-order chi connectivity index (χ1) is 26.9. The van der Waals surface area contributed by atoms with Gasteiger partial charge in [-0.3, -0.25) is 19.4 Å². The van der Waals surface area contributed by atoms with Gasteiger partial charge in [0.15, 0.2) is 12.2 Å². The van der Waals surface area contributed by atoms with E-state index in [-0.39, 0.29) is 37.7 Å². The summed E-state index contributed by atoms with van der Waals surface area (Å²) >= 11 is 0. The van der Waals surface area contributed by atoms with Gasteiger partial charge in [-0.15, -0.1) is 0 Å². The van der Waals surface area contributed by atoms with Crippen LogP contribution < -0.4 is 25.3 Å². The molecule has 4 aliphatic rings. The van der Waals surface area contributed by atoms with Gasteiger partial charge in [0.2, 0.25) is 0 Å². The molecule has 4 N–H and O–H groups in total. The Morgan fingerprint density at radius 2 is 1.12 bits per heavy atom. The highest BCUT2D eigenvalue weighted by Crippen LogP contribution is 2.30. The molecule has 4 saturated heterocycles. The average molecular weight is 792 g/mol. The smallest absolute Gasteiger partial charge is 0.414 e. The number of methoxy groups -OCH3 is 2. The van der Waals surface area contributed by atoms with E-state index in [0.717, 1.165) is 0 Å². The molecule has 17 nitrogen and oxygen atoms in total. The van der Waals surface area contributed by atoms with Crippen molar-refractivity contribution in [2.24, 2.45) is 5.73 Å². The second-order valence-electron chi connectivity index (χ2n) is 13.7. The second kappa shape index (κ2) is 19.4. The van der Waals surface area contributed by atoms with Crippen LogP contribution in [0.5, 0.6) is 0 Å². The van der Waals surface area contributed by atoms with Gasteiger partial charge in [0, 0.05) is 73.1 Å². The molecule has 2 aromatic rings. The number of anilines is 4. The number of halogens is 2. The number of aliphatic hydroxyl groups excluding tert-OH is 2. The molecule has 4 amide bonds. The Kier molecular flexibility index (Phi) is 14.6. The normalized spacial score (nSPS) is 21.1. The van der Waals surface area contributed by atoms with Crippen molar-refractivity contribution in [1.29, 1.82) is 0 Å². The SMILES string of the molecule is CC[C@H]1CN(c2ccc(N3CCN(C(=O)C(O)COC)CC3)c(F)c2)C(=O)O1.COCC(O)C(=O)N1CCN(c2ccc(N3C[C@H](CN)OC3=O)cc2F)CC1. The van der Waals surface area contributed by atoms with Gasteiger partial charge in [0.05, 0.1) is 49.1 Å². The van der Waals surface area contributed by atoms with Gasteiger partial charge in [-0.2, -0.15) is 0 Å². The lowest BCUT2D eigenvalue weighted by atomic mass is 10.2. The van der Waals surface area contributed by atoms with E-state index in [0.29, 0.717) is 94.6 Å². The third-order valence-corrected chi connectivity index (χ3v) is 10.0. The van der Waals surface area contributed by atoms with Crippen molar-refractivity contribution in [2.45, 2.75) is 37.8 Å². The van der Waals surface area contributed by atoms with E-state index >= 15 is 0 Å². The van der Waals surface area contributed by atoms with Crippen LogP contribution in [0.15, 0.2) is 36.4 Å². The van der Waals surface area contributed by atoms with Crippen LogP contribution in [0.25, 0.3) is 0 Å². The molecule has 4 heterocycles. The molecule has 2 unspecified atom stereocenters. The number of cyclic esters (lactones) is 2. The van der Waals surface area contributed by atoms with Crippen LogP contribution in [0.1, 0.15) is 13.3 Å². The molecule has 0 saturated carbocycles. The molecular weight excluding hydrogens is 740 g/mol. The molecule has 0 spiro atoms. The Morgan fingerprint density at radius 1 is 0.732 bits per heavy atom. The highest BCUT2D eigenvalue weighted by Gasteiger charge is 2.34. The molecule has 4 aliphatic heterocycles. The number of rotatable bonds is 12. The van der Waals surface area contributed by atoms with Crippen molar-refractivity contribution in [3.8, 4) is 0 Å². The van der Waals surface area contributed by atoms with Crippen molar-refractivity contribution in [1.82, 2.24) is 9.80 Å². The molecule has 4 atom stereocenters. The molecule has 0 bridgehead atoms. The Bertz CT molecular complexity index is 1570. The Balaban J connectivity index is 0.000000214. The van der Waals surface area contributed by atoms with Gasteiger partial charge in [-0.05, 0) is 42.8 Å². The fraction of sp³-hybridized carbons (Fsp3) is 0.568. The first kappa shape index (κ1) is 42.3. The number of ether oxygens (including phenoxy) is 4. The predicted octanol–water partition coefficient (Wildman–Crippen LogP) is 0.982. The maximum atomic E-state index is 14.7. The molecule has 6 rings (SSSR count). The molecule has 0 aliphatic carbocycles. The largest absolute Gasteiger partial charge is 0.444 e.